The molecule has 60 valence electrons. The molecule has 0 unspecified atom stereocenters. The Balaban J connectivity index is 3.71. The predicted molar refractivity (Wildman–Crippen MR) is 39.6 cm³/mol. The quantitative estimate of drug-likeness (QED) is 0.495. The fraction of sp³-hybridized carbons (Fsp3) is 0.833. The number of esters is 1. The summed E-state index contributed by atoms with van der Waals surface area (Å²) in [7, 11) is 0. The van der Waals surface area contributed by atoms with Crippen molar-refractivity contribution in [1.29, 1.82) is 0 Å². The van der Waals surface area contributed by atoms with Gasteiger partial charge < -0.3 is 10.5 Å². The molecule has 0 aromatic carbocycles. The van der Waals surface area contributed by atoms with E-state index in [1.165, 1.54) is 0 Å². The highest BCUT2D eigenvalue weighted by molar-refractivity contribution is 6.17. The number of hydrogen-bond acceptors (Lipinski definition) is 3. The lowest BCUT2D eigenvalue weighted by molar-refractivity contribution is -0.144. The van der Waals surface area contributed by atoms with Crippen LogP contribution in [0.1, 0.15) is 13.8 Å². The SMILES string of the molecule is CC(C)[C@@H](N)C(=O)OCCl. The standard InChI is InChI=1S/C6H12ClNO2/c1-4(2)5(8)6(9)10-3-7/h4-5H,3,8H2,1-2H3/t5-/m1/s1. The topological polar surface area (TPSA) is 52.3 Å². The smallest absolute Gasteiger partial charge is 0.324 e. The van der Waals surface area contributed by atoms with E-state index in [2.05, 4.69) is 4.74 Å². The third kappa shape index (κ3) is 3.03. The van der Waals surface area contributed by atoms with Crippen molar-refractivity contribution in [3.63, 3.8) is 0 Å². The Morgan fingerprint density at radius 1 is 1.70 bits per heavy atom. The van der Waals surface area contributed by atoms with Gasteiger partial charge in [0.1, 0.15) is 6.04 Å². The molecule has 0 rings (SSSR count). The van der Waals surface area contributed by atoms with E-state index in [1.807, 2.05) is 13.8 Å². The van der Waals surface area contributed by atoms with Crippen LogP contribution in [0, 0.1) is 5.92 Å². The Labute approximate surface area is 65.5 Å². The van der Waals surface area contributed by atoms with Crippen molar-refractivity contribution in [2.75, 3.05) is 6.07 Å². The summed E-state index contributed by atoms with van der Waals surface area (Å²) >= 11 is 5.15. The van der Waals surface area contributed by atoms with Crippen molar-refractivity contribution in [1.82, 2.24) is 0 Å². The molecule has 3 nitrogen and oxygen atoms in total. The number of nitrogens with two attached hydrogens (primary N) is 1. The minimum Gasteiger partial charge on any atom is -0.448 e. The van der Waals surface area contributed by atoms with E-state index in [4.69, 9.17) is 17.3 Å². The van der Waals surface area contributed by atoms with Crippen LogP contribution in [0.15, 0.2) is 0 Å². The molecule has 1 atom stereocenters. The van der Waals surface area contributed by atoms with Gasteiger partial charge in [-0.05, 0) is 5.92 Å². The largest absolute Gasteiger partial charge is 0.448 e. The molecule has 0 fully saturated rings. The molecule has 0 heterocycles. The number of alkyl halides is 1. The summed E-state index contributed by atoms with van der Waals surface area (Å²) < 4.78 is 4.47. The third-order valence-electron chi connectivity index (χ3n) is 1.19. The predicted octanol–water partition coefficient (Wildman–Crippen LogP) is 0.709. The van der Waals surface area contributed by atoms with E-state index in [9.17, 15) is 4.79 Å². The van der Waals surface area contributed by atoms with E-state index in [0.717, 1.165) is 0 Å². The summed E-state index contributed by atoms with van der Waals surface area (Å²) in [5.74, 6) is -0.347. The number of rotatable bonds is 3. The Morgan fingerprint density at radius 2 is 2.20 bits per heavy atom. The highest BCUT2D eigenvalue weighted by atomic mass is 35.5. The number of halogens is 1. The molecule has 0 radical (unpaired) electrons. The molecule has 0 amide bonds. The fourth-order valence-electron chi connectivity index (χ4n) is 0.422. The monoisotopic (exact) mass is 165 g/mol. The van der Waals surface area contributed by atoms with Crippen molar-refractivity contribution >= 4 is 17.6 Å². The Hall–Kier alpha value is -0.280. The lowest BCUT2D eigenvalue weighted by Crippen LogP contribution is -2.36. The van der Waals surface area contributed by atoms with Crippen LogP contribution in [-0.4, -0.2) is 18.1 Å². The van der Waals surface area contributed by atoms with Crippen molar-refractivity contribution in [2.45, 2.75) is 19.9 Å². The van der Waals surface area contributed by atoms with E-state index in [1.54, 1.807) is 0 Å². The first kappa shape index (κ1) is 9.72. The van der Waals surface area contributed by atoms with Crippen molar-refractivity contribution in [3.8, 4) is 0 Å². The molecule has 0 aliphatic heterocycles. The van der Waals surface area contributed by atoms with Crippen LogP contribution in [0.25, 0.3) is 0 Å². The molecule has 0 saturated heterocycles. The first-order valence-corrected chi connectivity index (χ1v) is 3.61. The van der Waals surface area contributed by atoms with Crippen LogP contribution in [-0.2, 0) is 9.53 Å². The lowest BCUT2D eigenvalue weighted by Gasteiger charge is -2.12. The molecule has 0 spiro atoms. The Morgan fingerprint density at radius 3 is 2.50 bits per heavy atom. The summed E-state index contributed by atoms with van der Waals surface area (Å²) in [6.07, 6.45) is 0. The van der Waals surface area contributed by atoms with Gasteiger partial charge in [-0.3, -0.25) is 4.79 Å². The first-order chi connectivity index (χ1) is 4.59. The minimum atomic E-state index is -0.557. The first-order valence-electron chi connectivity index (χ1n) is 3.07. The van der Waals surface area contributed by atoms with E-state index >= 15 is 0 Å². The van der Waals surface area contributed by atoms with Crippen LogP contribution in [0.5, 0.6) is 0 Å². The van der Waals surface area contributed by atoms with Crippen LogP contribution >= 0.6 is 11.6 Å². The fourth-order valence-corrected chi connectivity index (χ4v) is 0.530. The third-order valence-corrected chi connectivity index (χ3v) is 1.30. The second kappa shape index (κ2) is 4.52. The molecular weight excluding hydrogens is 154 g/mol. The van der Waals surface area contributed by atoms with Crippen LogP contribution in [0.3, 0.4) is 0 Å². The van der Waals surface area contributed by atoms with Gasteiger partial charge in [-0.2, -0.15) is 0 Å². The summed E-state index contributed by atoms with van der Waals surface area (Å²) in [5.41, 5.74) is 5.41. The zero-order valence-electron chi connectivity index (χ0n) is 6.13. The Bertz CT molecular complexity index is 116. The normalized spacial score (nSPS) is 13.3. The van der Waals surface area contributed by atoms with Gasteiger partial charge in [-0.1, -0.05) is 25.4 Å². The van der Waals surface area contributed by atoms with Gasteiger partial charge in [0.05, 0.1) is 0 Å². The summed E-state index contributed by atoms with van der Waals surface area (Å²) in [4.78, 5) is 10.8. The van der Waals surface area contributed by atoms with Gasteiger partial charge in [0.25, 0.3) is 0 Å². The number of carbonyl (C=O) groups excluding carboxylic acids is 1. The van der Waals surface area contributed by atoms with Gasteiger partial charge in [0, 0.05) is 0 Å². The number of hydrogen-bond donors (Lipinski definition) is 1. The van der Waals surface area contributed by atoms with Crippen LogP contribution < -0.4 is 5.73 Å². The maximum absolute atomic E-state index is 10.8. The second-order valence-corrected chi connectivity index (χ2v) is 2.56. The number of ether oxygens (including phenoxy) is 1. The summed E-state index contributed by atoms with van der Waals surface area (Å²) in [6, 6.07) is -0.682. The molecular formula is C6H12ClNO2. The molecule has 0 aliphatic rings. The van der Waals surface area contributed by atoms with Crippen molar-refractivity contribution in [2.24, 2.45) is 11.7 Å². The van der Waals surface area contributed by atoms with Gasteiger partial charge in [0.15, 0.2) is 6.07 Å². The second-order valence-electron chi connectivity index (χ2n) is 2.34. The minimum absolute atomic E-state index is 0.0933. The van der Waals surface area contributed by atoms with Gasteiger partial charge in [0.2, 0.25) is 0 Å². The van der Waals surface area contributed by atoms with Gasteiger partial charge >= 0.3 is 5.97 Å². The van der Waals surface area contributed by atoms with Gasteiger partial charge in [-0.25, -0.2) is 0 Å². The number of carbonyl (C=O) groups is 1. The molecule has 10 heavy (non-hydrogen) atoms. The maximum Gasteiger partial charge on any atom is 0.324 e. The molecule has 0 aliphatic carbocycles. The lowest BCUT2D eigenvalue weighted by atomic mass is 10.1. The molecule has 0 bridgehead atoms. The maximum atomic E-state index is 10.8. The van der Waals surface area contributed by atoms with Crippen LogP contribution in [0.4, 0.5) is 0 Å². The average Bonchev–Trinajstić information content (AvgIpc) is 1.87. The molecule has 0 aromatic rings. The van der Waals surface area contributed by atoms with Crippen molar-refractivity contribution < 1.29 is 9.53 Å². The van der Waals surface area contributed by atoms with E-state index in [0.29, 0.717) is 0 Å². The summed E-state index contributed by atoms with van der Waals surface area (Å²) in [6.45, 7) is 3.69. The highest BCUT2D eigenvalue weighted by Gasteiger charge is 2.17. The van der Waals surface area contributed by atoms with E-state index in [-0.39, 0.29) is 12.0 Å². The Kier molecular flexibility index (Phi) is 4.40. The molecule has 2 N–H and O–H groups in total. The molecule has 4 heteroatoms. The highest BCUT2D eigenvalue weighted by Crippen LogP contribution is 2.00. The summed E-state index contributed by atoms with van der Waals surface area (Å²) in [5, 5.41) is 0. The molecule has 0 aromatic heterocycles. The van der Waals surface area contributed by atoms with Crippen LogP contribution in [0.2, 0.25) is 0 Å². The zero-order chi connectivity index (χ0) is 8.15. The molecule has 0 saturated carbocycles. The van der Waals surface area contributed by atoms with Crippen molar-refractivity contribution in [3.05, 3.63) is 0 Å². The average molecular weight is 166 g/mol. The van der Waals surface area contributed by atoms with Gasteiger partial charge in [-0.15, -0.1) is 0 Å². The van der Waals surface area contributed by atoms with E-state index < -0.39 is 12.0 Å². The zero-order valence-corrected chi connectivity index (χ0v) is 6.89.